The van der Waals surface area contributed by atoms with Crippen LogP contribution >= 0.6 is 0 Å². The first-order valence-electron chi connectivity index (χ1n) is 7.54. The minimum Gasteiger partial charge on any atom is -0.385 e. The Kier molecular flexibility index (Phi) is 4.62. The van der Waals surface area contributed by atoms with Gasteiger partial charge >= 0.3 is 0 Å². The summed E-state index contributed by atoms with van der Waals surface area (Å²) in [5.41, 5.74) is 1.04. The van der Waals surface area contributed by atoms with E-state index in [-0.39, 0.29) is 5.82 Å². The molecule has 0 aromatic heterocycles. The van der Waals surface area contributed by atoms with Gasteiger partial charge in [0.15, 0.2) is 0 Å². The minimum absolute atomic E-state index is 0.220. The normalized spacial score (nSPS) is 28.1. The third-order valence-electron chi connectivity index (χ3n) is 4.56. The Morgan fingerprint density at radius 2 is 2.11 bits per heavy atom. The summed E-state index contributed by atoms with van der Waals surface area (Å²) < 4.78 is 13.2. The molecule has 1 aliphatic carbocycles. The van der Waals surface area contributed by atoms with Gasteiger partial charge in [0.05, 0.1) is 5.60 Å². The Bertz CT molecular complexity index is 429. The first kappa shape index (κ1) is 14.5. The number of benzene rings is 1. The molecule has 1 saturated carbocycles. The van der Waals surface area contributed by atoms with Gasteiger partial charge in [0, 0.05) is 0 Å². The lowest BCUT2D eigenvalue weighted by atomic mass is 9.83. The van der Waals surface area contributed by atoms with E-state index in [9.17, 15) is 9.50 Å². The number of halogens is 1. The van der Waals surface area contributed by atoms with E-state index < -0.39 is 5.60 Å². The van der Waals surface area contributed by atoms with Crippen molar-refractivity contribution in [2.45, 2.75) is 64.4 Å². The third-order valence-corrected chi connectivity index (χ3v) is 4.56. The summed E-state index contributed by atoms with van der Waals surface area (Å²) >= 11 is 0. The summed E-state index contributed by atoms with van der Waals surface area (Å²) in [4.78, 5) is 0. The number of hydrogen-bond donors (Lipinski definition) is 1. The highest BCUT2D eigenvalue weighted by Crippen LogP contribution is 2.40. The van der Waals surface area contributed by atoms with Crippen molar-refractivity contribution in [2.75, 3.05) is 0 Å². The van der Waals surface area contributed by atoms with Gasteiger partial charge in [0.2, 0.25) is 0 Å². The molecule has 1 nitrogen and oxygen atoms in total. The van der Waals surface area contributed by atoms with Crippen LogP contribution in [0.1, 0.15) is 63.0 Å². The number of aliphatic hydroxyl groups is 1. The maximum absolute atomic E-state index is 13.2. The van der Waals surface area contributed by atoms with Crippen molar-refractivity contribution in [3.05, 3.63) is 35.1 Å². The predicted octanol–water partition coefficient (Wildman–Crippen LogP) is 4.70. The summed E-state index contributed by atoms with van der Waals surface area (Å²) in [5, 5.41) is 11.0. The van der Waals surface area contributed by atoms with Crippen molar-refractivity contribution in [1.29, 1.82) is 0 Å². The van der Waals surface area contributed by atoms with Gasteiger partial charge in [-0.1, -0.05) is 32.3 Å². The molecule has 1 fully saturated rings. The van der Waals surface area contributed by atoms with Crippen LogP contribution in [0.4, 0.5) is 4.39 Å². The molecule has 2 unspecified atom stereocenters. The Balaban J connectivity index is 2.17. The zero-order valence-electron chi connectivity index (χ0n) is 12.1. The molecule has 0 radical (unpaired) electrons. The fraction of sp³-hybridized carbons (Fsp3) is 0.647. The van der Waals surface area contributed by atoms with Crippen LogP contribution in [0.5, 0.6) is 0 Å². The summed E-state index contributed by atoms with van der Waals surface area (Å²) in [7, 11) is 0. The Morgan fingerprint density at radius 1 is 1.32 bits per heavy atom. The highest BCUT2D eigenvalue weighted by atomic mass is 19.1. The summed E-state index contributed by atoms with van der Waals surface area (Å²) in [6.45, 7) is 4.12. The van der Waals surface area contributed by atoms with E-state index in [2.05, 4.69) is 6.92 Å². The molecule has 1 aromatic carbocycles. The summed E-state index contributed by atoms with van der Waals surface area (Å²) in [6, 6.07) is 4.77. The molecule has 0 aliphatic heterocycles. The number of hydrogen-bond acceptors (Lipinski definition) is 1. The second-order valence-corrected chi connectivity index (χ2v) is 6.08. The first-order valence-corrected chi connectivity index (χ1v) is 7.54. The zero-order chi connectivity index (χ0) is 13.9. The third kappa shape index (κ3) is 3.36. The Hall–Kier alpha value is -0.890. The van der Waals surface area contributed by atoms with Crippen molar-refractivity contribution in [3.63, 3.8) is 0 Å². The van der Waals surface area contributed by atoms with Crippen LogP contribution in [0.15, 0.2) is 18.2 Å². The topological polar surface area (TPSA) is 20.2 Å². The highest BCUT2D eigenvalue weighted by Gasteiger charge is 2.33. The number of rotatable bonds is 3. The molecule has 2 heteroatoms. The average molecular weight is 264 g/mol. The summed E-state index contributed by atoms with van der Waals surface area (Å²) in [5.74, 6) is 0.530. The Morgan fingerprint density at radius 3 is 2.79 bits per heavy atom. The summed E-state index contributed by atoms with van der Waals surface area (Å²) in [6.07, 6.45) is 7.47. The fourth-order valence-corrected chi connectivity index (χ4v) is 3.51. The van der Waals surface area contributed by atoms with E-state index in [1.807, 2.05) is 6.92 Å². The van der Waals surface area contributed by atoms with E-state index in [4.69, 9.17) is 0 Å². The molecule has 0 amide bonds. The van der Waals surface area contributed by atoms with Crippen LogP contribution in [-0.4, -0.2) is 5.11 Å². The molecule has 0 saturated heterocycles. The van der Waals surface area contributed by atoms with E-state index in [0.717, 1.165) is 42.7 Å². The molecule has 0 bridgehead atoms. The van der Waals surface area contributed by atoms with E-state index >= 15 is 0 Å². The van der Waals surface area contributed by atoms with Crippen molar-refractivity contribution in [3.8, 4) is 0 Å². The van der Waals surface area contributed by atoms with Gasteiger partial charge < -0.3 is 5.11 Å². The van der Waals surface area contributed by atoms with Gasteiger partial charge in [-0.25, -0.2) is 4.39 Å². The van der Waals surface area contributed by atoms with E-state index in [1.54, 1.807) is 6.07 Å². The SMILES string of the molecule is CCCC1CCCC(O)(c2ccc(F)cc2C)CC1. The first-order chi connectivity index (χ1) is 9.05. The molecule has 0 heterocycles. The van der Waals surface area contributed by atoms with E-state index in [0.29, 0.717) is 0 Å². The second kappa shape index (κ2) is 6.04. The monoisotopic (exact) mass is 264 g/mol. The molecule has 2 rings (SSSR count). The molecular formula is C17H25FO. The fourth-order valence-electron chi connectivity index (χ4n) is 3.51. The lowest BCUT2D eigenvalue weighted by Gasteiger charge is -2.29. The van der Waals surface area contributed by atoms with Gasteiger partial charge in [-0.2, -0.15) is 0 Å². The maximum atomic E-state index is 13.2. The standard InChI is InChI=1S/C17H25FO/c1-3-5-14-6-4-10-17(19,11-9-14)16-8-7-15(18)12-13(16)2/h7-8,12,14,19H,3-6,9-11H2,1-2H3. The van der Waals surface area contributed by atoms with Crippen molar-refractivity contribution < 1.29 is 9.50 Å². The molecular weight excluding hydrogens is 239 g/mol. The smallest absolute Gasteiger partial charge is 0.123 e. The zero-order valence-corrected chi connectivity index (χ0v) is 12.1. The van der Waals surface area contributed by atoms with Gasteiger partial charge in [-0.3, -0.25) is 0 Å². The lowest BCUT2D eigenvalue weighted by Crippen LogP contribution is -2.26. The van der Waals surface area contributed by atoms with Crippen LogP contribution in [-0.2, 0) is 5.60 Å². The minimum atomic E-state index is -0.750. The average Bonchev–Trinajstić information content (AvgIpc) is 2.53. The molecule has 2 atom stereocenters. The number of aryl methyl sites for hydroxylation is 1. The van der Waals surface area contributed by atoms with Gasteiger partial charge in [-0.15, -0.1) is 0 Å². The van der Waals surface area contributed by atoms with Crippen LogP contribution < -0.4 is 0 Å². The molecule has 106 valence electrons. The van der Waals surface area contributed by atoms with Crippen LogP contribution in [0.3, 0.4) is 0 Å². The molecule has 1 aromatic rings. The largest absolute Gasteiger partial charge is 0.385 e. The van der Waals surface area contributed by atoms with Crippen LogP contribution in [0, 0.1) is 18.7 Å². The van der Waals surface area contributed by atoms with Crippen LogP contribution in [0.25, 0.3) is 0 Å². The molecule has 1 N–H and O–H groups in total. The second-order valence-electron chi connectivity index (χ2n) is 6.08. The molecule has 1 aliphatic rings. The molecule has 19 heavy (non-hydrogen) atoms. The lowest BCUT2D eigenvalue weighted by molar-refractivity contribution is 0.0189. The quantitative estimate of drug-likeness (QED) is 0.784. The van der Waals surface area contributed by atoms with Crippen molar-refractivity contribution in [2.24, 2.45) is 5.92 Å². The van der Waals surface area contributed by atoms with Gasteiger partial charge in [0.25, 0.3) is 0 Å². The van der Waals surface area contributed by atoms with Crippen LogP contribution in [0.2, 0.25) is 0 Å². The Labute approximate surface area is 115 Å². The van der Waals surface area contributed by atoms with Crippen molar-refractivity contribution in [1.82, 2.24) is 0 Å². The highest BCUT2D eigenvalue weighted by molar-refractivity contribution is 5.32. The van der Waals surface area contributed by atoms with Gasteiger partial charge in [-0.05, 0) is 61.8 Å². The van der Waals surface area contributed by atoms with E-state index in [1.165, 1.54) is 31.4 Å². The maximum Gasteiger partial charge on any atom is 0.123 e. The molecule has 0 spiro atoms. The predicted molar refractivity (Wildman–Crippen MR) is 76.5 cm³/mol. The van der Waals surface area contributed by atoms with Crippen molar-refractivity contribution >= 4 is 0 Å². The van der Waals surface area contributed by atoms with Gasteiger partial charge in [0.1, 0.15) is 5.82 Å².